The molecule has 0 fully saturated rings. The predicted octanol–water partition coefficient (Wildman–Crippen LogP) is 4.33. The summed E-state index contributed by atoms with van der Waals surface area (Å²) in [6.45, 7) is 0.520. The summed E-state index contributed by atoms with van der Waals surface area (Å²) < 4.78 is 16.2. The minimum absolute atomic E-state index is 0.102. The Hall–Kier alpha value is -3.67. The zero-order valence-electron chi connectivity index (χ0n) is 16.5. The number of amides is 1. The molecule has 6 nitrogen and oxygen atoms in total. The van der Waals surface area contributed by atoms with Crippen LogP contribution in [0.5, 0.6) is 17.2 Å². The fraction of sp³-hybridized carbons (Fsp3) is 0.174. The third kappa shape index (κ3) is 5.90. The van der Waals surface area contributed by atoms with Gasteiger partial charge in [0.2, 0.25) is 0 Å². The first-order chi connectivity index (χ1) is 14.2. The number of anilines is 2. The van der Waals surface area contributed by atoms with Crippen molar-refractivity contribution in [3.8, 4) is 17.2 Å². The van der Waals surface area contributed by atoms with Gasteiger partial charge in [-0.2, -0.15) is 0 Å². The molecule has 29 heavy (non-hydrogen) atoms. The molecule has 0 spiro atoms. The molecule has 0 aliphatic rings. The molecule has 0 saturated carbocycles. The van der Waals surface area contributed by atoms with E-state index in [2.05, 4.69) is 10.6 Å². The predicted molar refractivity (Wildman–Crippen MR) is 114 cm³/mol. The van der Waals surface area contributed by atoms with Gasteiger partial charge in [-0.3, -0.25) is 4.79 Å². The van der Waals surface area contributed by atoms with Crippen LogP contribution in [0.25, 0.3) is 0 Å². The molecular formula is C23H24N2O4. The summed E-state index contributed by atoms with van der Waals surface area (Å²) in [4.78, 5) is 12.1. The molecule has 6 heteroatoms. The van der Waals surface area contributed by atoms with Crippen molar-refractivity contribution in [2.45, 2.75) is 6.54 Å². The minimum Gasteiger partial charge on any atom is -0.497 e. The van der Waals surface area contributed by atoms with Crippen LogP contribution in [0.3, 0.4) is 0 Å². The van der Waals surface area contributed by atoms with E-state index in [4.69, 9.17) is 14.2 Å². The molecule has 0 aliphatic heterocycles. The molecular weight excluding hydrogens is 368 g/mol. The van der Waals surface area contributed by atoms with E-state index < -0.39 is 0 Å². The Morgan fingerprint density at radius 1 is 0.828 bits per heavy atom. The number of nitrogens with one attached hydrogen (secondary N) is 2. The molecule has 0 atom stereocenters. The second-order valence-corrected chi connectivity index (χ2v) is 6.27. The lowest BCUT2D eigenvalue weighted by atomic mass is 10.2. The van der Waals surface area contributed by atoms with Crippen molar-refractivity contribution < 1.29 is 19.0 Å². The van der Waals surface area contributed by atoms with E-state index in [9.17, 15) is 4.79 Å². The monoisotopic (exact) mass is 392 g/mol. The van der Waals surface area contributed by atoms with Gasteiger partial charge in [-0.15, -0.1) is 0 Å². The van der Waals surface area contributed by atoms with Gasteiger partial charge in [0.05, 0.1) is 14.2 Å². The molecule has 0 aromatic heterocycles. The van der Waals surface area contributed by atoms with Crippen LogP contribution in [0.15, 0.2) is 72.8 Å². The van der Waals surface area contributed by atoms with Gasteiger partial charge in [-0.05, 0) is 54.1 Å². The van der Waals surface area contributed by atoms with Crippen molar-refractivity contribution in [1.82, 2.24) is 0 Å². The minimum atomic E-state index is -0.233. The van der Waals surface area contributed by atoms with Gasteiger partial charge in [0, 0.05) is 17.9 Å². The zero-order chi connectivity index (χ0) is 20.5. The van der Waals surface area contributed by atoms with Crippen molar-refractivity contribution in [2.24, 2.45) is 0 Å². The Morgan fingerprint density at radius 2 is 1.59 bits per heavy atom. The lowest BCUT2D eigenvalue weighted by Crippen LogP contribution is -2.20. The van der Waals surface area contributed by atoms with Gasteiger partial charge in [-0.25, -0.2) is 0 Å². The molecule has 0 radical (unpaired) electrons. The Kier molecular flexibility index (Phi) is 6.95. The molecule has 2 N–H and O–H groups in total. The van der Waals surface area contributed by atoms with Crippen molar-refractivity contribution in [3.63, 3.8) is 0 Å². The van der Waals surface area contributed by atoms with Gasteiger partial charge in [0.25, 0.3) is 5.91 Å². The lowest BCUT2D eigenvalue weighted by molar-refractivity contribution is -0.118. The number of para-hydroxylation sites is 1. The number of hydrogen-bond donors (Lipinski definition) is 2. The SMILES string of the molecule is COc1ccc(NCc2ccc(OCC(=O)Nc3ccccc3)c(OC)c2)cc1. The smallest absolute Gasteiger partial charge is 0.262 e. The van der Waals surface area contributed by atoms with Crippen molar-refractivity contribution in [1.29, 1.82) is 0 Å². The molecule has 0 bridgehead atoms. The fourth-order valence-electron chi connectivity index (χ4n) is 2.72. The number of methoxy groups -OCH3 is 2. The molecule has 1 amide bonds. The number of rotatable bonds is 9. The number of hydrogen-bond acceptors (Lipinski definition) is 5. The molecule has 3 aromatic rings. The van der Waals surface area contributed by atoms with Gasteiger partial charge >= 0.3 is 0 Å². The van der Waals surface area contributed by atoms with E-state index in [1.807, 2.05) is 66.7 Å². The highest BCUT2D eigenvalue weighted by atomic mass is 16.5. The molecule has 0 heterocycles. The van der Waals surface area contributed by atoms with Crippen LogP contribution in [0, 0.1) is 0 Å². The maximum atomic E-state index is 12.1. The maximum absolute atomic E-state index is 12.1. The van der Waals surface area contributed by atoms with E-state index >= 15 is 0 Å². The summed E-state index contributed by atoms with van der Waals surface area (Å²) in [7, 11) is 3.22. The molecule has 3 rings (SSSR count). The summed E-state index contributed by atoms with van der Waals surface area (Å²) in [6, 6.07) is 22.6. The van der Waals surface area contributed by atoms with Crippen LogP contribution < -0.4 is 24.8 Å². The van der Waals surface area contributed by atoms with Crippen LogP contribution in [-0.2, 0) is 11.3 Å². The van der Waals surface area contributed by atoms with Gasteiger partial charge in [0.15, 0.2) is 18.1 Å². The van der Waals surface area contributed by atoms with Gasteiger partial charge in [-0.1, -0.05) is 24.3 Å². The number of carbonyl (C=O) groups is 1. The molecule has 0 saturated heterocycles. The third-order valence-electron chi connectivity index (χ3n) is 4.23. The third-order valence-corrected chi connectivity index (χ3v) is 4.23. The van der Waals surface area contributed by atoms with Crippen LogP contribution in [-0.4, -0.2) is 26.7 Å². The van der Waals surface area contributed by atoms with E-state index in [-0.39, 0.29) is 12.5 Å². The first-order valence-electron chi connectivity index (χ1n) is 9.20. The number of benzene rings is 3. The summed E-state index contributed by atoms with van der Waals surface area (Å²) in [5, 5.41) is 6.13. The highest BCUT2D eigenvalue weighted by Crippen LogP contribution is 2.28. The quantitative estimate of drug-likeness (QED) is 0.567. The zero-order valence-corrected chi connectivity index (χ0v) is 16.5. The summed E-state index contributed by atoms with van der Waals surface area (Å²) in [5.74, 6) is 1.67. The van der Waals surface area contributed by atoms with Crippen molar-refractivity contribution in [2.75, 3.05) is 31.5 Å². The average Bonchev–Trinajstić information content (AvgIpc) is 2.77. The van der Waals surface area contributed by atoms with Crippen LogP contribution in [0.4, 0.5) is 11.4 Å². The Morgan fingerprint density at radius 3 is 2.28 bits per heavy atom. The summed E-state index contributed by atoms with van der Waals surface area (Å²) in [6.07, 6.45) is 0. The second-order valence-electron chi connectivity index (χ2n) is 6.27. The normalized spacial score (nSPS) is 10.1. The molecule has 3 aromatic carbocycles. The van der Waals surface area contributed by atoms with Crippen molar-refractivity contribution in [3.05, 3.63) is 78.4 Å². The lowest BCUT2D eigenvalue weighted by Gasteiger charge is -2.13. The Labute approximate surface area is 170 Å². The molecule has 0 unspecified atom stereocenters. The van der Waals surface area contributed by atoms with Crippen molar-refractivity contribution >= 4 is 17.3 Å². The van der Waals surface area contributed by atoms with Crippen LogP contribution in [0.2, 0.25) is 0 Å². The Bertz CT molecular complexity index is 927. The highest BCUT2D eigenvalue weighted by molar-refractivity contribution is 5.91. The molecule has 0 aliphatic carbocycles. The number of carbonyl (C=O) groups excluding carboxylic acids is 1. The second kappa shape index (κ2) is 10.0. The van der Waals surface area contributed by atoms with Gasteiger partial charge < -0.3 is 24.8 Å². The maximum Gasteiger partial charge on any atom is 0.262 e. The van der Waals surface area contributed by atoms with E-state index in [1.165, 1.54) is 0 Å². The Balaban J connectivity index is 1.55. The highest BCUT2D eigenvalue weighted by Gasteiger charge is 2.09. The standard InChI is InChI=1S/C23H24N2O4/c1-27-20-11-9-18(10-12-20)24-15-17-8-13-21(22(14-17)28-2)29-16-23(26)25-19-6-4-3-5-7-19/h3-14,24H,15-16H2,1-2H3,(H,25,26). The number of ether oxygens (including phenoxy) is 3. The summed E-state index contributed by atoms with van der Waals surface area (Å²) >= 11 is 0. The first kappa shape index (κ1) is 20.1. The topological polar surface area (TPSA) is 68.8 Å². The first-order valence-corrected chi connectivity index (χ1v) is 9.20. The van der Waals surface area contributed by atoms with Crippen LogP contribution in [0.1, 0.15) is 5.56 Å². The molecule has 150 valence electrons. The van der Waals surface area contributed by atoms with Gasteiger partial charge in [0.1, 0.15) is 5.75 Å². The largest absolute Gasteiger partial charge is 0.497 e. The van der Waals surface area contributed by atoms with E-state index in [1.54, 1.807) is 20.3 Å². The fourth-order valence-corrected chi connectivity index (χ4v) is 2.72. The van der Waals surface area contributed by atoms with E-state index in [0.717, 1.165) is 22.7 Å². The summed E-state index contributed by atoms with van der Waals surface area (Å²) in [5.41, 5.74) is 2.74. The average molecular weight is 392 g/mol. The van der Waals surface area contributed by atoms with E-state index in [0.29, 0.717) is 18.0 Å². The van der Waals surface area contributed by atoms with Crippen LogP contribution >= 0.6 is 0 Å².